The minimum atomic E-state index is -1.06. The van der Waals surface area contributed by atoms with Gasteiger partial charge in [-0.3, -0.25) is 9.59 Å². The molecule has 4 nitrogen and oxygen atoms in total. The van der Waals surface area contributed by atoms with Crippen molar-refractivity contribution in [2.75, 3.05) is 0 Å². The summed E-state index contributed by atoms with van der Waals surface area (Å²) in [5.41, 5.74) is 4.69. The Morgan fingerprint density at radius 2 is 2.11 bits per heavy atom. The summed E-state index contributed by atoms with van der Waals surface area (Å²) in [6.07, 6.45) is -0.303. The number of aliphatic carboxylic acids is 1. The SMILES string of the molecule is N[C@@H](CC(=O)O)C(=O)P. The van der Waals surface area contributed by atoms with E-state index >= 15 is 0 Å². The van der Waals surface area contributed by atoms with E-state index in [1.165, 1.54) is 0 Å². The largest absolute Gasteiger partial charge is 0.481 e. The van der Waals surface area contributed by atoms with Gasteiger partial charge in [0.05, 0.1) is 12.5 Å². The van der Waals surface area contributed by atoms with E-state index < -0.39 is 12.0 Å². The fraction of sp³-hybridized carbons (Fsp3) is 0.500. The Labute approximate surface area is 54.6 Å². The Balaban J connectivity index is 3.63. The molecule has 0 aromatic rings. The first-order valence-corrected chi connectivity index (χ1v) is 2.88. The lowest BCUT2D eigenvalue weighted by molar-refractivity contribution is -0.138. The summed E-state index contributed by atoms with van der Waals surface area (Å²) in [7, 11) is 1.84. The molecule has 0 aliphatic heterocycles. The Hall–Kier alpha value is -0.470. The van der Waals surface area contributed by atoms with Crippen LogP contribution in [-0.4, -0.2) is 22.6 Å². The molecule has 9 heavy (non-hydrogen) atoms. The Morgan fingerprint density at radius 3 is 2.22 bits per heavy atom. The monoisotopic (exact) mass is 149 g/mol. The second kappa shape index (κ2) is 3.54. The molecule has 0 saturated heterocycles. The van der Waals surface area contributed by atoms with Crippen LogP contribution in [0.4, 0.5) is 0 Å². The Kier molecular flexibility index (Phi) is 3.35. The number of rotatable bonds is 3. The number of hydrogen-bond donors (Lipinski definition) is 2. The second-order valence-electron chi connectivity index (χ2n) is 1.61. The highest BCUT2D eigenvalue weighted by Crippen LogP contribution is 1.95. The summed E-state index contributed by atoms with van der Waals surface area (Å²) < 4.78 is 0. The van der Waals surface area contributed by atoms with E-state index in [1.807, 2.05) is 9.24 Å². The lowest BCUT2D eigenvalue weighted by Crippen LogP contribution is -2.29. The van der Waals surface area contributed by atoms with Crippen molar-refractivity contribution in [1.82, 2.24) is 0 Å². The highest BCUT2D eigenvalue weighted by atomic mass is 31.0. The average Bonchev–Trinajstić information content (AvgIpc) is 1.63. The van der Waals surface area contributed by atoms with Gasteiger partial charge < -0.3 is 10.8 Å². The van der Waals surface area contributed by atoms with Gasteiger partial charge in [-0.2, -0.15) is 0 Å². The fourth-order valence-corrected chi connectivity index (χ4v) is 0.407. The van der Waals surface area contributed by atoms with Crippen LogP contribution in [-0.2, 0) is 9.59 Å². The molecule has 52 valence electrons. The first-order chi connectivity index (χ1) is 4.04. The third-order valence-corrected chi connectivity index (χ3v) is 1.19. The molecule has 0 amide bonds. The summed E-state index contributed by atoms with van der Waals surface area (Å²) in [6, 6.07) is -0.882. The van der Waals surface area contributed by atoms with Crippen LogP contribution < -0.4 is 5.73 Å². The number of carboxylic acids is 1. The highest BCUT2D eigenvalue weighted by Gasteiger charge is 2.11. The lowest BCUT2D eigenvalue weighted by Gasteiger charge is -2.00. The fourth-order valence-electron chi connectivity index (χ4n) is 0.289. The highest BCUT2D eigenvalue weighted by molar-refractivity contribution is 7.40. The number of carbonyl (C=O) groups excluding carboxylic acids is 1. The summed E-state index contributed by atoms with van der Waals surface area (Å²) >= 11 is 0. The third kappa shape index (κ3) is 4.06. The normalized spacial score (nSPS) is 12.7. The molecule has 0 spiro atoms. The van der Waals surface area contributed by atoms with Gasteiger partial charge in [-0.05, 0) is 0 Å². The summed E-state index contributed by atoms with van der Waals surface area (Å²) in [6.45, 7) is 0. The van der Waals surface area contributed by atoms with Gasteiger partial charge >= 0.3 is 5.97 Å². The van der Waals surface area contributed by atoms with Gasteiger partial charge in [0.15, 0.2) is 5.52 Å². The Bertz CT molecular complexity index is 136. The van der Waals surface area contributed by atoms with Crippen LogP contribution in [0.15, 0.2) is 0 Å². The van der Waals surface area contributed by atoms with E-state index in [0.29, 0.717) is 0 Å². The molecule has 5 heteroatoms. The van der Waals surface area contributed by atoms with E-state index in [0.717, 1.165) is 0 Å². The molecular weight excluding hydrogens is 141 g/mol. The van der Waals surface area contributed by atoms with Crippen molar-refractivity contribution < 1.29 is 14.7 Å². The van der Waals surface area contributed by atoms with E-state index in [-0.39, 0.29) is 11.9 Å². The lowest BCUT2D eigenvalue weighted by atomic mass is 10.2. The van der Waals surface area contributed by atoms with Gasteiger partial charge in [0.1, 0.15) is 0 Å². The quantitative estimate of drug-likeness (QED) is 0.514. The van der Waals surface area contributed by atoms with E-state index in [2.05, 4.69) is 0 Å². The maximum atomic E-state index is 10.3. The number of nitrogens with two attached hydrogens (primary N) is 1. The molecule has 0 saturated carbocycles. The predicted octanol–water partition coefficient (Wildman–Crippen LogP) is -0.810. The Morgan fingerprint density at radius 1 is 1.67 bits per heavy atom. The molecule has 3 N–H and O–H groups in total. The molecule has 0 aliphatic rings. The number of carbonyl (C=O) groups is 2. The van der Waals surface area contributed by atoms with Crippen LogP contribution in [0.5, 0.6) is 0 Å². The van der Waals surface area contributed by atoms with Gasteiger partial charge in [0.2, 0.25) is 0 Å². The minimum Gasteiger partial charge on any atom is -0.481 e. The van der Waals surface area contributed by atoms with Gasteiger partial charge in [0.25, 0.3) is 0 Å². The summed E-state index contributed by atoms with van der Waals surface area (Å²) in [5, 5.41) is 8.09. The number of hydrogen-bond acceptors (Lipinski definition) is 3. The zero-order valence-electron chi connectivity index (χ0n) is 4.70. The molecule has 0 aliphatic carbocycles. The van der Waals surface area contributed by atoms with Gasteiger partial charge in [-0.15, -0.1) is 0 Å². The van der Waals surface area contributed by atoms with Crippen LogP contribution in [0.3, 0.4) is 0 Å². The van der Waals surface area contributed by atoms with Crippen molar-refractivity contribution in [3.05, 3.63) is 0 Å². The topological polar surface area (TPSA) is 80.4 Å². The first-order valence-electron chi connectivity index (χ1n) is 2.30. The van der Waals surface area contributed by atoms with Crippen molar-refractivity contribution in [2.45, 2.75) is 12.5 Å². The molecule has 0 rings (SSSR count). The average molecular weight is 149 g/mol. The predicted molar refractivity (Wildman–Crippen MR) is 34.9 cm³/mol. The molecule has 1 unspecified atom stereocenters. The molecule has 0 aromatic heterocycles. The van der Waals surface area contributed by atoms with Crippen LogP contribution >= 0.6 is 9.24 Å². The van der Waals surface area contributed by atoms with Gasteiger partial charge in [-0.1, -0.05) is 9.24 Å². The molecule has 0 fully saturated rings. The van der Waals surface area contributed by atoms with Crippen molar-refractivity contribution >= 4 is 20.7 Å². The molecule has 0 radical (unpaired) electrons. The van der Waals surface area contributed by atoms with E-state index in [4.69, 9.17) is 10.8 Å². The van der Waals surface area contributed by atoms with Gasteiger partial charge in [0, 0.05) is 0 Å². The van der Waals surface area contributed by atoms with Crippen molar-refractivity contribution in [1.29, 1.82) is 0 Å². The first kappa shape index (κ1) is 8.53. The molecule has 0 bridgehead atoms. The van der Waals surface area contributed by atoms with E-state index in [9.17, 15) is 9.59 Å². The summed E-state index contributed by atoms with van der Waals surface area (Å²) in [4.78, 5) is 20.1. The van der Waals surface area contributed by atoms with Crippen LogP contribution in [0, 0.1) is 0 Å². The van der Waals surface area contributed by atoms with Crippen LogP contribution in [0.2, 0.25) is 0 Å². The molecule has 2 atom stereocenters. The zero-order chi connectivity index (χ0) is 7.44. The zero-order valence-corrected chi connectivity index (χ0v) is 5.86. The van der Waals surface area contributed by atoms with Crippen molar-refractivity contribution in [3.8, 4) is 0 Å². The third-order valence-electron chi connectivity index (χ3n) is 0.760. The summed E-state index contributed by atoms with van der Waals surface area (Å²) in [5.74, 6) is -1.06. The maximum absolute atomic E-state index is 10.3. The van der Waals surface area contributed by atoms with E-state index in [1.54, 1.807) is 0 Å². The van der Waals surface area contributed by atoms with Crippen LogP contribution in [0.25, 0.3) is 0 Å². The molecule has 0 aromatic carbocycles. The molecular formula is C4H8NO3P. The van der Waals surface area contributed by atoms with Crippen molar-refractivity contribution in [3.63, 3.8) is 0 Å². The maximum Gasteiger partial charge on any atom is 0.305 e. The standard InChI is InChI=1S/C4H8NO3P/c5-2(4(8)9)1-3(6)7/h2H,1,5,9H2,(H,6,7)/t2-/m0/s1. The second-order valence-corrected chi connectivity index (χ2v) is 2.18. The molecule has 0 heterocycles. The smallest absolute Gasteiger partial charge is 0.305 e. The van der Waals surface area contributed by atoms with Gasteiger partial charge in [-0.25, -0.2) is 0 Å². The van der Waals surface area contributed by atoms with Crippen molar-refractivity contribution in [2.24, 2.45) is 5.73 Å². The van der Waals surface area contributed by atoms with Crippen LogP contribution in [0.1, 0.15) is 6.42 Å². The number of carboxylic acid groups (broad SMARTS) is 1. The minimum absolute atomic E-state index is 0.303.